The molecule has 7 nitrogen and oxygen atoms in total. The summed E-state index contributed by atoms with van der Waals surface area (Å²) in [5.74, 6) is -0.381. The maximum Gasteiger partial charge on any atom is 0.337 e. The number of hydrogen-bond donors (Lipinski definition) is 3. The Bertz CT molecular complexity index is 653. The Morgan fingerprint density at radius 2 is 1.92 bits per heavy atom. The molecule has 1 aromatic rings. The van der Waals surface area contributed by atoms with Gasteiger partial charge in [-0.2, -0.15) is 0 Å². The molecule has 1 aliphatic rings. The quantitative estimate of drug-likeness (QED) is 0.602. The molecule has 0 saturated heterocycles. The lowest BCUT2D eigenvalue weighted by Crippen LogP contribution is -3.08. The standard InChI is InChI=1S/C18H26N4O3/c1-5-25-17(23)15-10-19-18(24)20-16(15)12-22(4)11-13-6-8-14(9-7-13)21(2)3/h6-9H,5,10-12H2,1-4H3,(H2,19,20,24)/p+1. The van der Waals surface area contributed by atoms with Gasteiger partial charge in [-0.1, -0.05) is 12.1 Å². The Morgan fingerprint density at radius 3 is 2.52 bits per heavy atom. The summed E-state index contributed by atoms with van der Waals surface area (Å²) in [5.41, 5.74) is 3.47. The molecule has 2 amide bonds. The number of ether oxygens (including phenoxy) is 1. The highest BCUT2D eigenvalue weighted by atomic mass is 16.5. The van der Waals surface area contributed by atoms with Crippen molar-refractivity contribution in [3.8, 4) is 0 Å². The molecule has 1 atom stereocenters. The van der Waals surface area contributed by atoms with Gasteiger partial charge in [0.15, 0.2) is 0 Å². The molecule has 1 aliphatic heterocycles. The lowest BCUT2D eigenvalue weighted by Gasteiger charge is -2.23. The van der Waals surface area contributed by atoms with Gasteiger partial charge in [-0.25, -0.2) is 9.59 Å². The average molecular weight is 347 g/mol. The van der Waals surface area contributed by atoms with Crippen molar-refractivity contribution in [1.82, 2.24) is 10.6 Å². The third-order valence-electron chi connectivity index (χ3n) is 4.01. The SMILES string of the molecule is CCOC(=O)C1=C(C[NH+](C)Cc2ccc(N(C)C)cc2)NC(=O)NC1. The van der Waals surface area contributed by atoms with Crippen LogP contribution in [0.15, 0.2) is 35.5 Å². The fourth-order valence-electron chi connectivity index (χ4n) is 2.72. The first-order valence-electron chi connectivity index (χ1n) is 8.42. The molecule has 0 fully saturated rings. The fourth-order valence-corrected chi connectivity index (χ4v) is 2.72. The molecule has 136 valence electrons. The first-order chi connectivity index (χ1) is 11.9. The summed E-state index contributed by atoms with van der Waals surface area (Å²) in [5, 5.41) is 5.37. The van der Waals surface area contributed by atoms with E-state index in [1.807, 2.05) is 21.1 Å². The molecule has 1 heterocycles. The molecule has 1 unspecified atom stereocenters. The van der Waals surface area contributed by atoms with Gasteiger partial charge in [0.25, 0.3) is 0 Å². The number of benzene rings is 1. The molecule has 7 heteroatoms. The number of amides is 2. The van der Waals surface area contributed by atoms with Gasteiger partial charge in [0.1, 0.15) is 13.1 Å². The van der Waals surface area contributed by atoms with Crippen LogP contribution in [0.5, 0.6) is 0 Å². The smallest absolute Gasteiger partial charge is 0.337 e. The summed E-state index contributed by atoms with van der Waals surface area (Å²) < 4.78 is 5.08. The zero-order valence-electron chi connectivity index (χ0n) is 15.3. The van der Waals surface area contributed by atoms with Crippen LogP contribution in [-0.4, -0.2) is 52.8 Å². The van der Waals surface area contributed by atoms with Gasteiger partial charge in [-0.15, -0.1) is 0 Å². The van der Waals surface area contributed by atoms with Crippen LogP contribution < -0.4 is 20.4 Å². The molecule has 0 aromatic heterocycles. The minimum Gasteiger partial charge on any atom is -0.463 e. The largest absolute Gasteiger partial charge is 0.463 e. The Kier molecular flexibility index (Phi) is 6.41. The summed E-state index contributed by atoms with van der Waals surface area (Å²) in [6, 6.07) is 8.07. The predicted molar refractivity (Wildman–Crippen MR) is 96.4 cm³/mol. The van der Waals surface area contributed by atoms with Crippen LogP contribution in [0.2, 0.25) is 0 Å². The second-order valence-corrected chi connectivity index (χ2v) is 6.36. The van der Waals surface area contributed by atoms with Gasteiger partial charge >= 0.3 is 12.0 Å². The third kappa shape index (κ3) is 5.22. The van der Waals surface area contributed by atoms with E-state index in [-0.39, 0.29) is 18.5 Å². The fraction of sp³-hybridized carbons (Fsp3) is 0.444. The van der Waals surface area contributed by atoms with E-state index in [1.165, 1.54) is 5.56 Å². The van der Waals surface area contributed by atoms with Crippen LogP contribution in [0.1, 0.15) is 12.5 Å². The number of rotatable bonds is 7. The maximum atomic E-state index is 12.1. The van der Waals surface area contributed by atoms with Crippen LogP contribution in [0.3, 0.4) is 0 Å². The van der Waals surface area contributed by atoms with Gasteiger partial charge in [0.2, 0.25) is 0 Å². The van der Waals surface area contributed by atoms with E-state index >= 15 is 0 Å². The van der Waals surface area contributed by atoms with Crippen LogP contribution in [0.25, 0.3) is 0 Å². The second-order valence-electron chi connectivity index (χ2n) is 6.36. The topological polar surface area (TPSA) is 75.1 Å². The molecular weight excluding hydrogens is 320 g/mol. The zero-order chi connectivity index (χ0) is 18.4. The Balaban J connectivity index is 2.06. The summed E-state index contributed by atoms with van der Waals surface area (Å²) in [6.07, 6.45) is 0. The van der Waals surface area contributed by atoms with E-state index in [1.54, 1.807) is 6.92 Å². The lowest BCUT2D eigenvalue weighted by atomic mass is 10.1. The Hall–Kier alpha value is -2.54. The van der Waals surface area contributed by atoms with Crippen molar-refractivity contribution in [2.24, 2.45) is 0 Å². The first-order valence-corrected chi connectivity index (χ1v) is 8.42. The van der Waals surface area contributed by atoms with Crippen LogP contribution in [0.4, 0.5) is 10.5 Å². The van der Waals surface area contributed by atoms with Crippen molar-refractivity contribution in [1.29, 1.82) is 0 Å². The van der Waals surface area contributed by atoms with E-state index in [4.69, 9.17) is 4.74 Å². The number of carbonyl (C=O) groups excluding carboxylic acids is 2. The van der Waals surface area contributed by atoms with Gasteiger partial charge in [-0.05, 0) is 19.1 Å². The highest BCUT2D eigenvalue weighted by Crippen LogP contribution is 2.11. The number of urea groups is 1. The van der Waals surface area contributed by atoms with Gasteiger partial charge in [0.05, 0.1) is 31.5 Å². The number of carbonyl (C=O) groups is 2. The van der Waals surface area contributed by atoms with Crippen molar-refractivity contribution in [2.45, 2.75) is 13.5 Å². The van der Waals surface area contributed by atoms with Gasteiger partial charge in [0, 0.05) is 25.3 Å². The zero-order valence-corrected chi connectivity index (χ0v) is 15.3. The number of esters is 1. The van der Waals surface area contributed by atoms with Gasteiger partial charge < -0.3 is 25.2 Å². The van der Waals surface area contributed by atoms with Crippen molar-refractivity contribution in [2.75, 3.05) is 45.7 Å². The number of likely N-dealkylation sites (N-methyl/N-ethyl adjacent to an activating group) is 1. The normalized spacial score (nSPS) is 15.3. The molecule has 1 aromatic carbocycles. The molecular formula is C18H27N4O3+. The number of quaternary nitrogens is 1. The van der Waals surface area contributed by atoms with Crippen LogP contribution >= 0.6 is 0 Å². The number of anilines is 1. The summed E-state index contributed by atoms with van der Waals surface area (Å²) >= 11 is 0. The minimum absolute atomic E-state index is 0.199. The van der Waals surface area contributed by atoms with Crippen molar-refractivity contribution < 1.29 is 19.2 Å². The molecule has 3 N–H and O–H groups in total. The molecule has 0 saturated carbocycles. The van der Waals surface area contributed by atoms with Gasteiger partial charge in [-0.3, -0.25) is 0 Å². The first kappa shape index (κ1) is 18.8. The number of hydrogen-bond acceptors (Lipinski definition) is 4. The van der Waals surface area contributed by atoms with E-state index in [0.717, 1.165) is 17.1 Å². The summed E-state index contributed by atoms with van der Waals surface area (Å²) in [4.78, 5) is 26.9. The highest BCUT2D eigenvalue weighted by Gasteiger charge is 2.25. The van der Waals surface area contributed by atoms with Crippen LogP contribution in [-0.2, 0) is 16.1 Å². The second kappa shape index (κ2) is 8.53. The summed E-state index contributed by atoms with van der Waals surface area (Å²) in [6.45, 7) is 3.60. The van der Waals surface area contributed by atoms with E-state index in [2.05, 4.69) is 39.8 Å². The molecule has 0 bridgehead atoms. The number of nitrogens with one attached hydrogen (secondary N) is 3. The van der Waals surface area contributed by atoms with Crippen molar-refractivity contribution >= 4 is 17.7 Å². The van der Waals surface area contributed by atoms with Crippen molar-refractivity contribution in [3.05, 3.63) is 41.1 Å². The van der Waals surface area contributed by atoms with Crippen molar-refractivity contribution in [3.63, 3.8) is 0 Å². The molecule has 25 heavy (non-hydrogen) atoms. The lowest BCUT2D eigenvalue weighted by molar-refractivity contribution is -0.889. The molecule has 0 aliphatic carbocycles. The molecule has 0 spiro atoms. The van der Waals surface area contributed by atoms with Crippen LogP contribution in [0, 0.1) is 0 Å². The molecule has 0 radical (unpaired) electrons. The van der Waals surface area contributed by atoms with E-state index in [0.29, 0.717) is 24.4 Å². The average Bonchev–Trinajstić information content (AvgIpc) is 2.55. The predicted octanol–water partition coefficient (Wildman–Crippen LogP) is -0.103. The third-order valence-corrected chi connectivity index (χ3v) is 4.01. The highest BCUT2D eigenvalue weighted by molar-refractivity contribution is 5.93. The monoisotopic (exact) mass is 347 g/mol. The van der Waals surface area contributed by atoms with E-state index < -0.39 is 0 Å². The number of nitrogens with zero attached hydrogens (tertiary/aromatic N) is 1. The summed E-state index contributed by atoms with van der Waals surface area (Å²) in [7, 11) is 6.05. The van der Waals surface area contributed by atoms with E-state index in [9.17, 15) is 9.59 Å². The molecule has 2 rings (SSSR count). The Morgan fingerprint density at radius 1 is 1.24 bits per heavy atom. The Labute approximate surface area is 148 Å². The minimum atomic E-state index is -0.381. The maximum absolute atomic E-state index is 12.1.